The molecule has 0 unspecified atom stereocenters. The van der Waals surface area contributed by atoms with E-state index in [0.717, 1.165) is 20.9 Å². The maximum Gasteiger partial charge on any atom is 0.338 e. The van der Waals surface area contributed by atoms with Crippen LogP contribution in [0.4, 0.5) is 11.4 Å². The number of nitrogens with zero attached hydrogens (tertiary/aromatic N) is 2. The number of thiophene rings is 1. The standard InChI is InChI=1S/C32H26ClN3O4S/c1-4-40-32(39)21-8-11-24(12-9-21)36-31(38)26(20(3)35-36)18-25-13-15-29(41-25)22-10-14-28(33)27(17-22)30(37)34-23-7-5-6-19(2)16-23/h5-18H,4H2,1-3H3,(H,34,37)/b26-18-. The largest absolute Gasteiger partial charge is 0.462 e. The molecule has 4 aromatic rings. The molecule has 1 aromatic heterocycles. The van der Waals surface area contributed by atoms with Gasteiger partial charge in [-0.15, -0.1) is 11.3 Å². The highest BCUT2D eigenvalue weighted by atomic mass is 35.5. The van der Waals surface area contributed by atoms with Crippen LogP contribution < -0.4 is 10.3 Å². The number of hydrogen-bond acceptors (Lipinski definition) is 6. The number of aryl methyl sites for hydroxylation is 1. The smallest absolute Gasteiger partial charge is 0.338 e. The van der Waals surface area contributed by atoms with Crippen LogP contribution in [-0.2, 0) is 9.53 Å². The first-order valence-electron chi connectivity index (χ1n) is 12.9. The lowest BCUT2D eigenvalue weighted by molar-refractivity contribution is -0.114. The van der Waals surface area contributed by atoms with Gasteiger partial charge in [0, 0.05) is 15.4 Å². The first-order valence-corrected chi connectivity index (χ1v) is 14.1. The summed E-state index contributed by atoms with van der Waals surface area (Å²) in [7, 11) is 0. The molecular formula is C32H26ClN3O4S. The summed E-state index contributed by atoms with van der Waals surface area (Å²) < 4.78 is 5.02. The topological polar surface area (TPSA) is 88.1 Å². The Bertz CT molecular complexity index is 1720. The number of carbonyl (C=O) groups excluding carboxylic acids is 3. The van der Waals surface area contributed by atoms with Crippen LogP contribution in [-0.4, -0.2) is 30.1 Å². The Balaban J connectivity index is 1.34. The van der Waals surface area contributed by atoms with E-state index in [9.17, 15) is 14.4 Å². The zero-order valence-corrected chi connectivity index (χ0v) is 24.2. The summed E-state index contributed by atoms with van der Waals surface area (Å²) in [5, 5.41) is 9.02. The van der Waals surface area contributed by atoms with Crippen molar-refractivity contribution in [1.29, 1.82) is 0 Å². The number of rotatable bonds is 7. The molecule has 2 amide bonds. The van der Waals surface area contributed by atoms with Gasteiger partial charge in [-0.05, 0) is 98.6 Å². The minimum absolute atomic E-state index is 0.261. The summed E-state index contributed by atoms with van der Waals surface area (Å²) in [5.74, 6) is -0.969. The molecule has 9 heteroatoms. The van der Waals surface area contributed by atoms with Crippen molar-refractivity contribution in [2.24, 2.45) is 5.10 Å². The lowest BCUT2D eigenvalue weighted by atomic mass is 10.1. The Hall–Kier alpha value is -4.53. The van der Waals surface area contributed by atoms with Gasteiger partial charge >= 0.3 is 5.97 Å². The maximum absolute atomic E-state index is 13.2. The lowest BCUT2D eigenvalue weighted by Crippen LogP contribution is -2.21. The van der Waals surface area contributed by atoms with Crippen molar-refractivity contribution in [2.45, 2.75) is 20.8 Å². The molecule has 0 radical (unpaired) electrons. The van der Waals surface area contributed by atoms with Crippen LogP contribution >= 0.6 is 22.9 Å². The van der Waals surface area contributed by atoms with Crippen LogP contribution in [0.5, 0.6) is 0 Å². The highest BCUT2D eigenvalue weighted by Gasteiger charge is 2.29. The Morgan fingerprint density at radius 2 is 1.80 bits per heavy atom. The van der Waals surface area contributed by atoms with Gasteiger partial charge in [0.05, 0.1) is 39.7 Å². The lowest BCUT2D eigenvalue weighted by Gasteiger charge is -2.12. The minimum atomic E-state index is -0.416. The molecule has 5 rings (SSSR count). The molecule has 0 saturated carbocycles. The Morgan fingerprint density at radius 3 is 2.54 bits per heavy atom. The molecule has 0 fully saturated rings. The zero-order valence-electron chi connectivity index (χ0n) is 22.6. The van der Waals surface area contributed by atoms with Crippen LogP contribution in [0.1, 0.15) is 45.0 Å². The van der Waals surface area contributed by atoms with E-state index in [1.807, 2.05) is 55.5 Å². The maximum atomic E-state index is 13.2. The number of nitrogens with one attached hydrogen (secondary N) is 1. The highest BCUT2D eigenvalue weighted by Crippen LogP contribution is 2.33. The number of amides is 2. The molecular weight excluding hydrogens is 558 g/mol. The first kappa shape index (κ1) is 28.0. The average molecular weight is 584 g/mol. The summed E-state index contributed by atoms with van der Waals surface area (Å²) in [5.41, 5.74) is 4.96. The van der Waals surface area contributed by atoms with Gasteiger partial charge in [0.1, 0.15) is 0 Å². The summed E-state index contributed by atoms with van der Waals surface area (Å²) in [6.07, 6.45) is 1.81. The second kappa shape index (κ2) is 11.9. The quantitative estimate of drug-likeness (QED) is 0.179. The average Bonchev–Trinajstić information content (AvgIpc) is 3.54. The van der Waals surface area contributed by atoms with Crippen LogP contribution in [0.3, 0.4) is 0 Å². The number of anilines is 2. The Labute approximate surface area is 246 Å². The fourth-order valence-electron chi connectivity index (χ4n) is 4.31. The normalized spacial score (nSPS) is 13.9. The number of hydrazone groups is 1. The molecule has 0 bridgehead atoms. The van der Waals surface area contributed by atoms with Crippen LogP contribution in [0.25, 0.3) is 16.5 Å². The van der Waals surface area contributed by atoms with Crippen molar-refractivity contribution in [3.63, 3.8) is 0 Å². The molecule has 1 aliphatic rings. The van der Waals surface area contributed by atoms with Crippen molar-refractivity contribution in [3.8, 4) is 10.4 Å². The van der Waals surface area contributed by atoms with E-state index in [2.05, 4.69) is 10.4 Å². The molecule has 7 nitrogen and oxygen atoms in total. The van der Waals surface area contributed by atoms with Gasteiger partial charge in [-0.25, -0.2) is 4.79 Å². The van der Waals surface area contributed by atoms with Crippen LogP contribution in [0.15, 0.2) is 89.5 Å². The fourth-order valence-corrected chi connectivity index (χ4v) is 5.47. The third-order valence-electron chi connectivity index (χ3n) is 6.37. The van der Waals surface area contributed by atoms with Crippen molar-refractivity contribution in [2.75, 3.05) is 16.9 Å². The molecule has 3 aromatic carbocycles. The third-order valence-corrected chi connectivity index (χ3v) is 7.78. The number of hydrogen-bond donors (Lipinski definition) is 1. The molecule has 0 aliphatic carbocycles. The Morgan fingerprint density at radius 1 is 1.02 bits per heavy atom. The molecule has 1 aliphatic heterocycles. The van der Waals surface area contributed by atoms with Gasteiger partial charge in [-0.1, -0.05) is 29.8 Å². The predicted molar refractivity (Wildman–Crippen MR) is 165 cm³/mol. The summed E-state index contributed by atoms with van der Waals surface area (Å²) in [6, 6.07) is 23.3. The second-order valence-corrected chi connectivity index (χ2v) is 10.9. The van der Waals surface area contributed by atoms with Crippen LogP contribution in [0.2, 0.25) is 5.02 Å². The van der Waals surface area contributed by atoms with E-state index in [4.69, 9.17) is 16.3 Å². The summed E-state index contributed by atoms with van der Waals surface area (Å²) in [6.45, 7) is 5.77. The summed E-state index contributed by atoms with van der Waals surface area (Å²) >= 11 is 7.87. The minimum Gasteiger partial charge on any atom is -0.462 e. The van der Waals surface area contributed by atoms with E-state index in [0.29, 0.717) is 38.8 Å². The van der Waals surface area contributed by atoms with Crippen molar-refractivity contribution >= 4 is 63.9 Å². The number of carbonyl (C=O) groups is 3. The number of ether oxygens (including phenoxy) is 1. The van der Waals surface area contributed by atoms with Gasteiger partial charge in [0.2, 0.25) is 0 Å². The van der Waals surface area contributed by atoms with E-state index in [-0.39, 0.29) is 18.4 Å². The number of esters is 1. The van der Waals surface area contributed by atoms with E-state index in [1.54, 1.807) is 50.2 Å². The van der Waals surface area contributed by atoms with Gasteiger partial charge in [0.15, 0.2) is 0 Å². The first-order chi connectivity index (χ1) is 19.7. The van der Waals surface area contributed by atoms with Crippen molar-refractivity contribution in [1.82, 2.24) is 0 Å². The molecule has 41 heavy (non-hydrogen) atoms. The van der Waals surface area contributed by atoms with Gasteiger partial charge in [0.25, 0.3) is 11.8 Å². The van der Waals surface area contributed by atoms with E-state index < -0.39 is 5.97 Å². The molecule has 206 valence electrons. The molecule has 0 atom stereocenters. The molecule has 0 spiro atoms. The fraction of sp³-hybridized carbons (Fsp3) is 0.125. The number of benzene rings is 3. The Kier molecular flexibility index (Phi) is 8.14. The van der Waals surface area contributed by atoms with Gasteiger partial charge in [-0.3, -0.25) is 9.59 Å². The monoisotopic (exact) mass is 583 g/mol. The van der Waals surface area contributed by atoms with Crippen LogP contribution in [0, 0.1) is 6.92 Å². The predicted octanol–water partition coefficient (Wildman–Crippen LogP) is 7.61. The second-order valence-electron chi connectivity index (χ2n) is 9.35. The molecule has 1 N–H and O–H groups in total. The van der Waals surface area contributed by atoms with Crippen molar-refractivity contribution in [3.05, 3.63) is 111 Å². The highest BCUT2D eigenvalue weighted by molar-refractivity contribution is 7.16. The van der Waals surface area contributed by atoms with Crippen molar-refractivity contribution < 1.29 is 19.1 Å². The third kappa shape index (κ3) is 6.14. The SMILES string of the molecule is CCOC(=O)c1ccc(N2N=C(C)/C(=C/c3ccc(-c4ccc(Cl)c(C(=O)Nc5cccc(C)c5)c4)s3)C2=O)cc1. The van der Waals surface area contributed by atoms with Gasteiger partial charge < -0.3 is 10.1 Å². The van der Waals surface area contributed by atoms with E-state index >= 15 is 0 Å². The summed E-state index contributed by atoms with van der Waals surface area (Å²) in [4.78, 5) is 40.0. The van der Waals surface area contributed by atoms with Gasteiger partial charge in [-0.2, -0.15) is 10.1 Å². The molecule has 2 heterocycles. The van der Waals surface area contributed by atoms with E-state index in [1.165, 1.54) is 16.3 Å². The molecule has 0 saturated heterocycles. The number of halogens is 1. The zero-order chi connectivity index (χ0) is 29.1.